The number of carbonyl (C=O) groups is 2. The number of nitrogens with zero attached hydrogens (tertiary/aromatic N) is 1. The SMILES string of the molecule is COC(=O)c1cc(F)cc(O[C@@H]2CCN(C(=O)OC(C)(C)C)C2)c1. The number of hydrogen-bond donors (Lipinski definition) is 0. The number of ether oxygens (including phenoxy) is 3. The quantitative estimate of drug-likeness (QED) is 0.792. The summed E-state index contributed by atoms with van der Waals surface area (Å²) in [4.78, 5) is 25.1. The maximum atomic E-state index is 13.6. The molecule has 0 aliphatic carbocycles. The Hall–Kier alpha value is -2.31. The first-order valence-electron chi connectivity index (χ1n) is 7.71. The minimum absolute atomic E-state index is 0.0782. The van der Waals surface area contributed by atoms with Gasteiger partial charge in [0.1, 0.15) is 23.3 Å². The molecule has 0 saturated carbocycles. The minimum Gasteiger partial charge on any atom is -0.488 e. The highest BCUT2D eigenvalue weighted by atomic mass is 19.1. The van der Waals surface area contributed by atoms with Gasteiger partial charge in [-0.15, -0.1) is 0 Å². The lowest BCUT2D eigenvalue weighted by molar-refractivity contribution is 0.0275. The van der Waals surface area contributed by atoms with Gasteiger partial charge in [0.05, 0.1) is 19.2 Å². The zero-order chi connectivity index (χ0) is 17.9. The number of rotatable bonds is 3. The Bertz CT molecular complexity index is 626. The van der Waals surface area contributed by atoms with E-state index in [9.17, 15) is 14.0 Å². The van der Waals surface area contributed by atoms with E-state index in [0.717, 1.165) is 6.07 Å². The van der Waals surface area contributed by atoms with Crippen molar-refractivity contribution in [3.63, 3.8) is 0 Å². The van der Waals surface area contributed by atoms with Crippen LogP contribution in [0.4, 0.5) is 9.18 Å². The van der Waals surface area contributed by atoms with E-state index in [0.29, 0.717) is 19.5 Å². The Morgan fingerprint density at radius 2 is 1.96 bits per heavy atom. The van der Waals surface area contributed by atoms with E-state index in [1.54, 1.807) is 25.7 Å². The number of methoxy groups -OCH3 is 1. The van der Waals surface area contributed by atoms with E-state index in [1.165, 1.54) is 19.2 Å². The van der Waals surface area contributed by atoms with Crippen molar-refractivity contribution in [1.29, 1.82) is 0 Å². The normalized spacial score (nSPS) is 17.5. The van der Waals surface area contributed by atoms with E-state index in [1.807, 2.05) is 0 Å². The van der Waals surface area contributed by atoms with Crippen LogP contribution in [0.25, 0.3) is 0 Å². The van der Waals surface area contributed by atoms with Crippen LogP contribution in [0, 0.1) is 5.82 Å². The molecule has 0 unspecified atom stereocenters. The molecule has 1 aromatic carbocycles. The van der Waals surface area contributed by atoms with Gasteiger partial charge in [-0.05, 0) is 32.9 Å². The average molecular weight is 339 g/mol. The highest BCUT2D eigenvalue weighted by Gasteiger charge is 2.31. The van der Waals surface area contributed by atoms with E-state index in [2.05, 4.69) is 4.74 Å². The summed E-state index contributed by atoms with van der Waals surface area (Å²) in [5.41, 5.74) is -0.483. The lowest BCUT2D eigenvalue weighted by atomic mass is 10.2. The molecule has 0 bridgehead atoms. The first-order valence-corrected chi connectivity index (χ1v) is 7.71. The molecule has 0 aromatic heterocycles. The molecule has 1 saturated heterocycles. The Morgan fingerprint density at radius 1 is 1.25 bits per heavy atom. The fourth-order valence-corrected chi connectivity index (χ4v) is 2.38. The van der Waals surface area contributed by atoms with Crippen LogP contribution in [0.1, 0.15) is 37.6 Å². The number of amides is 1. The van der Waals surface area contributed by atoms with Gasteiger partial charge in [-0.25, -0.2) is 14.0 Å². The van der Waals surface area contributed by atoms with Crippen molar-refractivity contribution < 1.29 is 28.2 Å². The number of halogens is 1. The second-order valence-electron chi connectivity index (χ2n) is 6.62. The summed E-state index contributed by atoms with van der Waals surface area (Å²) in [6.45, 7) is 6.25. The van der Waals surface area contributed by atoms with Crippen molar-refractivity contribution in [2.45, 2.75) is 38.9 Å². The molecule has 1 aliphatic rings. The predicted molar refractivity (Wildman–Crippen MR) is 84.6 cm³/mol. The summed E-state index contributed by atoms with van der Waals surface area (Å²) in [5, 5.41) is 0. The molecular weight excluding hydrogens is 317 g/mol. The summed E-state index contributed by atoms with van der Waals surface area (Å²) >= 11 is 0. The van der Waals surface area contributed by atoms with Gasteiger partial charge >= 0.3 is 12.1 Å². The maximum absolute atomic E-state index is 13.6. The van der Waals surface area contributed by atoms with Crippen LogP contribution in [-0.4, -0.2) is 48.9 Å². The summed E-state index contributed by atoms with van der Waals surface area (Å²) in [6, 6.07) is 3.70. The summed E-state index contributed by atoms with van der Waals surface area (Å²) < 4.78 is 29.2. The van der Waals surface area contributed by atoms with Crippen molar-refractivity contribution in [2.75, 3.05) is 20.2 Å². The first-order chi connectivity index (χ1) is 11.2. The van der Waals surface area contributed by atoms with Gasteiger partial charge in [-0.2, -0.15) is 0 Å². The molecule has 132 valence electrons. The molecule has 1 aliphatic heterocycles. The highest BCUT2D eigenvalue weighted by Crippen LogP contribution is 2.23. The average Bonchev–Trinajstić information content (AvgIpc) is 2.92. The third-order valence-electron chi connectivity index (χ3n) is 3.39. The van der Waals surface area contributed by atoms with Gasteiger partial charge in [0.2, 0.25) is 0 Å². The van der Waals surface area contributed by atoms with Crippen molar-refractivity contribution in [2.24, 2.45) is 0 Å². The monoisotopic (exact) mass is 339 g/mol. The van der Waals surface area contributed by atoms with Gasteiger partial charge < -0.3 is 19.1 Å². The van der Waals surface area contributed by atoms with Crippen LogP contribution in [0.5, 0.6) is 5.75 Å². The van der Waals surface area contributed by atoms with Gasteiger partial charge in [-0.1, -0.05) is 0 Å². The van der Waals surface area contributed by atoms with Gasteiger partial charge in [0, 0.05) is 19.0 Å². The second kappa shape index (κ2) is 7.07. The van der Waals surface area contributed by atoms with Crippen molar-refractivity contribution in [3.05, 3.63) is 29.6 Å². The molecule has 7 heteroatoms. The van der Waals surface area contributed by atoms with Crippen molar-refractivity contribution >= 4 is 12.1 Å². The fourth-order valence-electron chi connectivity index (χ4n) is 2.38. The van der Waals surface area contributed by atoms with E-state index >= 15 is 0 Å². The van der Waals surface area contributed by atoms with Crippen LogP contribution in [0.15, 0.2) is 18.2 Å². The first kappa shape index (κ1) is 18.0. The van der Waals surface area contributed by atoms with Crippen molar-refractivity contribution in [3.8, 4) is 5.75 Å². The van der Waals surface area contributed by atoms with Gasteiger partial charge in [0.15, 0.2) is 0 Å². The molecule has 0 radical (unpaired) electrons. The molecule has 1 fully saturated rings. The Labute approximate surface area is 140 Å². The second-order valence-corrected chi connectivity index (χ2v) is 6.62. The lowest BCUT2D eigenvalue weighted by Crippen LogP contribution is -2.36. The lowest BCUT2D eigenvalue weighted by Gasteiger charge is -2.24. The van der Waals surface area contributed by atoms with Crippen molar-refractivity contribution in [1.82, 2.24) is 4.90 Å². The maximum Gasteiger partial charge on any atom is 0.410 e. The zero-order valence-electron chi connectivity index (χ0n) is 14.3. The number of hydrogen-bond acceptors (Lipinski definition) is 5. The molecular formula is C17H22FNO5. The molecule has 24 heavy (non-hydrogen) atoms. The molecule has 6 nitrogen and oxygen atoms in total. The Kier molecular flexibility index (Phi) is 5.31. The molecule has 2 rings (SSSR count). The molecule has 1 amide bonds. The summed E-state index contributed by atoms with van der Waals surface area (Å²) in [7, 11) is 1.23. The third kappa shape index (κ3) is 4.84. The van der Waals surface area contributed by atoms with Crippen LogP contribution in [-0.2, 0) is 9.47 Å². The molecule has 0 N–H and O–H groups in total. The summed E-state index contributed by atoms with van der Waals surface area (Å²) in [5.74, 6) is -0.998. The minimum atomic E-state index is -0.638. The summed E-state index contributed by atoms with van der Waals surface area (Å²) in [6.07, 6.45) is -0.0866. The Balaban J connectivity index is 1.99. The topological polar surface area (TPSA) is 65.1 Å². The molecule has 1 atom stereocenters. The molecule has 1 aromatic rings. The largest absolute Gasteiger partial charge is 0.488 e. The molecule has 1 heterocycles. The van der Waals surface area contributed by atoms with Crippen LogP contribution in [0.2, 0.25) is 0 Å². The predicted octanol–water partition coefficient (Wildman–Crippen LogP) is 3.00. The standard InChI is InChI=1S/C17H22FNO5/c1-17(2,3)24-16(21)19-6-5-13(10-19)23-14-8-11(15(20)22-4)7-12(18)9-14/h7-9,13H,5-6,10H2,1-4H3/t13-/m1/s1. The smallest absolute Gasteiger partial charge is 0.410 e. The Morgan fingerprint density at radius 3 is 2.58 bits per heavy atom. The number of benzene rings is 1. The number of esters is 1. The zero-order valence-corrected chi connectivity index (χ0v) is 14.3. The van der Waals surface area contributed by atoms with Crippen LogP contribution < -0.4 is 4.74 Å². The van der Waals surface area contributed by atoms with Crippen LogP contribution in [0.3, 0.4) is 0 Å². The van der Waals surface area contributed by atoms with E-state index in [-0.39, 0.29) is 17.4 Å². The highest BCUT2D eigenvalue weighted by molar-refractivity contribution is 5.89. The van der Waals surface area contributed by atoms with E-state index in [4.69, 9.17) is 9.47 Å². The number of carbonyl (C=O) groups excluding carboxylic acids is 2. The van der Waals surface area contributed by atoms with Crippen LogP contribution >= 0.6 is 0 Å². The van der Waals surface area contributed by atoms with E-state index < -0.39 is 23.5 Å². The van der Waals surface area contributed by atoms with Gasteiger partial charge in [-0.3, -0.25) is 0 Å². The number of likely N-dealkylation sites (tertiary alicyclic amines) is 1. The molecule has 0 spiro atoms. The van der Waals surface area contributed by atoms with Gasteiger partial charge in [0.25, 0.3) is 0 Å². The third-order valence-corrected chi connectivity index (χ3v) is 3.39. The fraction of sp³-hybridized carbons (Fsp3) is 0.529.